The average Bonchev–Trinajstić information content (AvgIpc) is 2.98. The fourth-order valence-corrected chi connectivity index (χ4v) is 3.85. The van der Waals surface area contributed by atoms with Crippen molar-refractivity contribution in [2.75, 3.05) is 38.7 Å². The topological polar surface area (TPSA) is 81.2 Å². The average molecular weight is 392 g/mol. The van der Waals surface area contributed by atoms with E-state index in [4.69, 9.17) is 9.47 Å². The summed E-state index contributed by atoms with van der Waals surface area (Å²) in [6, 6.07) is 9.68. The van der Waals surface area contributed by atoms with Crippen molar-refractivity contribution in [3.05, 3.63) is 40.8 Å². The third kappa shape index (κ3) is 5.89. The molecular formula is C20H27N2O4S+. The predicted octanol–water partition coefficient (Wildman–Crippen LogP) is 2.44. The smallest absolute Gasteiger partial charge is 0.341 e. The number of nitrogens with one attached hydrogen (secondary N) is 1. The largest absolute Gasteiger partial charge is 0.462 e. The minimum atomic E-state index is -0.417. The van der Waals surface area contributed by atoms with Crippen LogP contribution in [0, 0.1) is 6.92 Å². The number of hydrogen-bond acceptors (Lipinski definition) is 5. The number of aryl methyl sites for hydroxylation is 1. The van der Waals surface area contributed by atoms with Crippen molar-refractivity contribution in [2.24, 2.45) is 0 Å². The Labute approximate surface area is 163 Å². The Kier molecular flexibility index (Phi) is 8.44. The first kappa shape index (κ1) is 21.1. The quantitative estimate of drug-likeness (QED) is 0.481. The maximum Gasteiger partial charge on any atom is 0.341 e. The summed E-state index contributed by atoms with van der Waals surface area (Å²) in [6.07, 6.45) is 0.883. The summed E-state index contributed by atoms with van der Waals surface area (Å²) < 4.78 is 10.2. The second-order valence-electron chi connectivity index (χ2n) is 6.00. The molecule has 0 radical (unpaired) electrons. The Morgan fingerprint density at radius 1 is 1.22 bits per heavy atom. The molecule has 3 N–H and O–H groups in total. The van der Waals surface area contributed by atoms with Crippen molar-refractivity contribution in [1.82, 2.24) is 0 Å². The highest BCUT2D eigenvalue weighted by atomic mass is 32.1. The van der Waals surface area contributed by atoms with E-state index in [0.29, 0.717) is 23.7 Å². The molecule has 1 amide bonds. The van der Waals surface area contributed by atoms with Gasteiger partial charge in [0, 0.05) is 24.0 Å². The van der Waals surface area contributed by atoms with E-state index < -0.39 is 5.97 Å². The summed E-state index contributed by atoms with van der Waals surface area (Å²) in [5.41, 5.74) is 2.18. The number of benzene rings is 1. The van der Waals surface area contributed by atoms with Crippen LogP contribution in [0.15, 0.2) is 30.3 Å². The van der Waals surface area contributed by atoms with Gasteiger partial charge in [-0.1, -0.05) is 30.3 Å². The van der Waals surface area contributed by atoms with Crippen LogP contribution >= 0.6 is 11.3 Å². The fraction of sp³-hybridized carbons (Fsp3) is 0.400. The Bertz CT molecular complexity index is 759. The standard InChI is InChI=1S/C20H26N2O4S/c1-4-26-20(24)18-17(15-9-6-5-7-10-15)14(2)27-19(18)22-16(23)13-21-11-8-12-25-3/h5-7,9-10,21H,4,8,11-13H2,1-3H3,(H,22,23)/p+1. The lowest BCUT2D eigenvalue weighted by Crippen LogP contribution is -2.86. The van der Waals surface area contributed by atoms with Gasteiger partial charge in [-0.05, 0) is 19.4 Å². The van der Waals surface area contributed by atoms with Crippen LogP contribution < -0.4 is 10.6 Å². The number of carbonyl (C=O) groups is 2. The van der Waals surface area contributed by atoms with E-state index in [1.54, 1.807) is 14.0 Å². The van der Waals surface area contributed by atoms with Crippen molar-refractivity contribution >= 4 is 28.2 Å². The van der Waals surface area contributed by atoms with Gasteiger partial charge in [0.05, 0.1) is 19.8 Å². The first-order valence-corrected chi connectivity index (χ1v) is 9.86. The molecule has 0 atom stereocenters. The summed E-state index contributed by atoms with van der Waals surface area (Å²) in [4.78, 5) is 25.9. The summed E-state index contributed by atoms with van der Waals surface area (Å²) >= 11 is 1.40. The summed E-state index contributed by atoms with van der Waals surface area (Å²) in [6.45, 7) is 5.78. The van der Waals surface area contributed by atoms with Crippen LogP contribution in [0.5, 0.6) is 0 Å². The highest BCUT2D eigenvalue weighted by Gasteiger charge is 2.25. The molecule has 146 valence electrons. The van der Waals surface area contributed by atoms with Crippen molar-refractivity contribution in [3.8, 4) is 11.1 Å². The molecule has 1 aromatic heterocycles. The van der Waals surface area contributed by atoms with Gasteiger partial charge in [0.2, 0.25) is 0 Å². The SMILES string of the molecule is CCOC(=O)c1c(NC(=O)C[NH2+]CCCOC)sc(C)c1-c1ccccc1. The van der Waals surface area contributed by atoms with Gasteiger partial charge in [0.1, 0.15) is 10.6 Å². The van der Waals surface area contributed by atoms with Crippen LogP contribution in [0.2, 0.25) is 0 Å². The predicted molar refractivity (Wildman–Crippen MR) is 107 cm³/mol. The number of methoxy groups -OCH3 is 1. The van der Waals surface area contributed by atoms with E-state index in [2.05, 4.69) is 5.32 Å². The highest BCUT2D eigenvalue weighted by molar-refractivity contribution is 7.17. The van der Waals surface area contributed by atoms with E-state index in [1.807, 2.05) is 42.6 Å². The minimum Gasteiger partial charge on any atom is -0.462 e. The van der Waals surface area contributed by atoms with Crippen molar-refractivity contribution in [3.63, 3.8) is 0 Å². The van der Waals surface area contributed by atoms with Crippen molar-refractivity contribution in [1.29, 1.82) is 0 Å². The maximum absolute atomic E-state index is 12.6. The molecule has 0 aliphatic carbocycles. The lowest BCUT2D eigenvalue weighted by atomic mass is 10.0. The molecule has 0 bridgehead atoms. The zero-order valence-corrected chi connectivity index (χ0v) is 16.9. The number of ether oxygens (including phenoxy) is 2. The van der Waals surface area contributed by atoms with E-state index in [1.165, 1.54) is 11.3 Å². The van der Waals surface area contributed by atoms with Crippen molar-refractivity contribution in [2.45, 2.75) is 20.3 Å². The lowest BCUT2D eigenvalue weighted by Gasteiger charge is -2.09. The number of quaternary nitrogens is 1. The molecular weight excluding hydrogens is 364 g/mol. The normalized spacial score (nSPS) is 10.6. The van der Waals surface area contributed by atoms with Crippen molar-refractivity contribution < 1.29 is 24.4 Å². The molecule has 1 aromatic carbocycles. The van der Waals surface area contributed by atoms with E-state index >= 15 is 0 Å². The molecule has 2 aromatic rings. The maximum atomic E-state index is 12.6. The van der Waals surface area contributed by atoms with Crippen LogP contribution in [0.25, 0.3) is 11.1 Å². The third-order valence-electron chi connectivity index (χ3n) is 3.97. The van der Waals surface area contributed by atoms with E-state index in [9.17, 15) is 9.59 Å². The molecule has 0 saturated heterocycles. The molecule has 7 heteroatoms. The van der Waals surface area contributed by atoms with Gasteiger partial charge in [-0.2, -0.15) is 0 Å². The van der Waals surface area contributed by atoms with E-state index in [-0.39, 0.29) is 12.5 Å². The molecule has 0 aliphatic heterocycles. The molecule has 1 heterocycles. The first-order valence-electron chi connectivity index (χ1n) is 9.04. The first-order chi connectivity index (χ1) is 13.1. The molecule has 27 heavy (non-hydrogen) atoms. The van der Waals surface area contributed by atoms with Gasteiger partial charge in [0.25, 0.3) is 5.91 Å². The fourth-order valence-electron chi connectivity index (χ4n) is 2.77. The number of carbonyl (C=O) groups excluding carboxylic acids is 2. The molecule has 0 fully saturated rings. The number of nitrogens with two attached hydrogens (primary N) is 1. The van der Waals surface area contributed by atoms with E-state index in [0.717, 1.165) is 29.0 Å². The Morgan fingerprint density at radius 2 is 1.96 bits per heavy atom. The second-order valence-corrected chi connectivity index (χ2v) is 7.22. The highest BCUT2D eigenvalue weighted by Crippen LogP contribution is 2.40. The van der Waals surface area contributed by atoms with Crippen LogP contribution in [0.1, 0.15) is 28.6 Å². The minimum absolute atomic E-state index is 0.140. The Balaban J connectivity index is 2.20. The monoisotopic (exact) mass is 391 g/mol. The number of hydrogen-bond donors (Lipinski definition) is 2. The number of anilines is 1. The zero-order chi connectivity index (χ0) is 19.6. The van der Waals surface area contributed by atoms with Gasteiger partial charge >= 0.3 is 5.97 Å². The summed E-state index contributed by atoms with van der Waals surface area (Å²) in [7, 11) is 1.66. The number of thiophene rings is 1. The molecule has 0 saturated carbocycles. The molecule has 0 spiro atoms. The summed E-state index contributed by atoms with van der Waals surface area (Å²) in [5, 5.41) is 5.36. The number of amides is 1. The Hall–Kier alpha value is -2.22. The zero-order valence-electron chi connectivity index (χ0n) is 16.0. The Morgan fingerprint density at radius 3 is 2.63 bits per heavy atom. The number of rotatable bonds is 10. The van der Waals surface area contributed by atoms with Gasteiger partial charge in [-0.15, -0.1) is 11.3 Å². The third-order valence-corrected chi connectivity index (χ3v) is 4.99. The molecule has 6 nitrogen and oxygen atoms in total. The van der Waals surface area contributed by atoms with Crippen LogP contribution in [-0.2, 0) is 14.3 Å². The van der Waals surface area contributed by atoms with Gasteiger partial charge < -0.3 is 20.1 Å². The lowest BCUT2D eigenvalue weighted by molar-refractivity contribution is -0.644. The van der Waals surface area contributed by atoms with Gasteiger partial charge in [-0.3, -0.25) is 4.79 Å². The molecule has 2 rings (SSSR count). The second kappa shape index (κ2) is 10.8. The van der Waals surface area contributed by atoms with Gasteiger partial charge in [-0.25, -0.2) is 4.79 Å². The summed E-state index contributed by atoms with van der Waals surface area (Å²) in [5.74, 6) is -0.557. The van der Waals surface area contributed by atoms with Crippen LogP contribution in [0.4, 0.5) is 5.00 Å². The number of esters is 1. The van der Waals surface area contributed by atoms with Gasteiger partial charge in [0.15, 0.2) is 6.54 Å². The van der Waals surface area contributed by atoms with Crippen LogP contribution in [0.3, 0.4) is 0 Å². The molecule has 0 aliphatic rings. The molecule has 0 unspecified atom stereocenters. The van der Waals surface area contributed by atoms with Crippen LogP contribution in [-0.4, -0.2) is 45.3 Å².